The predicted octanol–water partition coefficient (Wildman–Crippen LogP) is 3.06. The van der Waals surface area contributed by atoms with E-state index in [1.165, 1.54) is 5.56 Å². The summed E-state index contributed by atoms with van der Waals surface area (Å²) in [6.45, 7) is 10.6. The van der Waals surface area contributed by atoms with E-state index < -0.39 is 0 Å². The SMILES string of the molecule is CCOC(=O)CCC1CCc2cc(B3OC(C)(C)C(C)(C)O3)ccc2N1. The molecule has 2 aliphatic rings. The second-order valence-corrected chi connectivity index (χ2v) is 8.23. The molecule has 1 saturated heterocycles. The Morgan fingerprint density at radius 2 is 1.96 bits per heavy atom. The maximum Gasteiger partial charge on any atom is 0.494 e. The summed E-state index contributed by atoms with van der Waals surface area (Å²) in [5, 5.41) is 3.56. The van der Waals surface area contributed by atoms with Crippen LogP contribution >= 0.6 is 0 Å². The van der Waals surface area contributed by atoms with E-state index in [4.69, 9.17) is 14.0 Å². The van der Waals surface area contributed by atoms with Crippen molar-refractivity contribution in [3.05, 3.63) is 23.8 Å². The molecule has 142 valence electrons. The fourth-order valence-corrected chi connectivity index (χ4v) is 3.45. The molecule has 3 rings (SSSR count). The van der Waals surface area contributed by atoms with Gasteiger partial charge >= 0.3 is 13.1 Å². The Bertz CT molecular complexity index is 658. The molecule has 2 heterocycles. The molecule has 0 bridgehead atoms. The van der Waals surface area contributed by atoms with E-state index in [9.17, 15) is 4.79 Å². The standard InChI is InChI=1S/C20H30BNO4/c1-6-24-18(23)12-10-16-9-7-14-13-15(8-11-17(14)22-16)21-25-19(2,3)20(4,5)26-21/h8,11,13,16,22H,6-7,9-10,12H2,1-5H3. The Hall–Kier alpha value is -1.53. The van der Waals surface area contributed by atoms with E-state index in [-0.39, 0.29) is 24.3 Å². The number of hydrogen-bond acceptors (Lipinski definition) is 5. The van der Waals surface area contributed by atoms with Gasteiger partial charge in [0.1, 0.15) is 0 Å². The fourth-order valence-electron chi connectivity index (χ4n) is 3.45. The molecule has 5 nitrogen and oxygen atoms in total. The average Bonchev–Trinajstić information content (AvgIpc) is 2.80. The van der Waals surface area contributed by atoms with Gasteiger partial charge < -0.3 is 19.4 Å². The maximum absolute atomic E-state index is 11.6. The molecule has 0 aliphatic carbocycles. The third kappa shape index (κ3) is 3.91. The molecule has 1 aromatic carbocycles. The van der Waals surface area contributed by atoms with Crippen molar-refractivity contribution < 1.29 is 18.8 Å². The van der Waals surface area contributed by atoms with Crippen molar-refractivity contribution in [2.75, 3.05) is 11.9 Å². The third-order valence-electron chi connectivity index (χ3n) is 5.78. The van der Waals surface area contributed by atoms with Gasteiger partial charge in [-0.3, -0.25) is 4.79 Å². The Labute approximate surface area is 156 Å². The van der Waals surface area contributed by atoms with Gasteiger partial charge in [0, 0.05) is 18.2 Å². The van der Waals surface area contributed by atoms with Gasteiger partial charge in [0.15, 0.2) is 0 Å². The number of anilines is 1. The zero-order chi connectivity index (χ0) is 18.9. The second kappa shape index (κ2) is 7.24. The van der Waals surface area contributed by atoms with Crippen LogP contribution in [0.5, 0.6) is 0 Å². The van der Waals surface area contributed by atoms with Crippen molar-refractivity contribution in [1.29, 1.82) is 0 Å². The molecule has 1 fully saturated rings. The summed E-state index contributed by atoms with van der Waals surface area (Å²) >= 11 is 0. The Kier molecular flexibility index (Phi) is 5.36. The molecule has 0 saturated carbocycles. The number of aryl methyl sites for hydroxylation is 1. The molecule has 1 aromatic rings. The molecule has 0 spiro atoms. The first-order chi connectivity index (χ1) is 12.2. The molecule has 26 heavy (non-hydrogen) atoms. The smallest absolute Gasteiger partial charge is 0.466 e. The monoisotopic (exact) mass is 359 g/mol. The van der Waals surface area contributed by atoms with E-state index in [1.54, 1.807) is 0 Å². The molecule has 1 N–H and O–H groups in total. The number of nitrogens with one attached hydrogen (secondary N) is 1. The topological polar surface area (TPSA) is 56.8 Å². The molecule has 0 aromatic heterocycles. The zero-order valence-electron chi connectivity index (χ0n) is 16.6. The van der Waals surface area contributed by atoms with Crippen molar-refractivity contribution in [2.45, 2.75) is 77.5 Å². The first-order valence-corrected chi connectivity index (χ1v) is 9.62. The molecule has 2 aliphatic heterocycles. The van der Waals surface area contributed by atoms with Crippen LogP contribution in [0.2, 0.25) is 0 Å². The molecular formula is C20H30BNO4. The lowest BCUT2D eigenvalue weighted by Crippen LogP contribution is -2.41. The number of benzene rings is 1. The van der Waals surface area contributed by atoms with Gasteiger partial charge in [-0.2, -0.15) is 0 Å². The number of carbonyl (C=O) groups excluding carboxylic acids is 1. The Morgan fingerprint density at radius 3 is 2.62 bits per heavy atom. The molecular weight excluding hydrogens is 329 g/mol. The van der Waals surface area contributed by atoms with E-state index in [0.29, 0.717) is 19.1 Å². The molecule has 0 radical (unpaired) electrons. The highest BCUT2D eigenvalue weighted by atomic mass is 16.7. The normalized spacial score (nSPS) is 23.3. The molecule has 6 heteroatoms. The van der Waals surface area contributed by atoms with Crippen molar-refractivity contribution in [3.63, 3.8) is 0 Å². The van der Waals surface area contributed by atoms with Crippen LogP contribution in [0.25, 0.3) is 0 Å². The van der Waals surface area contributed by atoms with Gasteiger partial charge in [-0.15, -0.1) is 0 Å². The summed E-state index contributed by atoms with van der Waals surface area (Å²) in [7, 11) is -0.327. The highest BCUT2D eigenvalue weighted by Gasteiger charge is 2.51. The summed E-state index contributed by atoms with van der Waals surface area (Å²) in [6.07, 6.45) is 3.27. The lowest BCUT2D eigenvalue weighted by molar-refractivity contribution is -0.143. The largest absolute Gasteiger partial charge is 0.494 e. The van der Waals surface area contributed by atoms with Crippen molar-refractivity contribution in [2.24, 2.45) is 0 Å². The number of hydrogen-bond donors (Lipinski definition) is 1. The van der Waals surface area contributed by atoms with Crippen molar-refractivity contribution >= 4 is 24.2 Å². The van der Waals surface area contributed by atoms with Crippen molar-refractivity contribution in [3.8, 4) is 0 Å². The first-order valence-electron chi connectivity index (χ1n) is 9.62. The van der Waals surface area contributed by atoms with Crippen LogP contribution in [0.15, 0.2) is 18.2 Å². The highest BCUT2D eigenvalue weighted by molar-refractivity contribution is 6.62. The van der Waals surface area contributed by atoms with Crippen LogP contribution in [0.4, 0.5) is 5.69 Å². The van der Waals surface area contributed by atoms with E-state index in [2.05, 4.69) is 51.2 Å². The number of carbonyl (C=O) groups is 1. The van der Waals surface area contributed by atoms with Gasteiger partial charge in [0.05, 0.1) is 17.8 Å². The lowest BCUT2D eigenvalue weighted by Gasteiger charge is -2.32. The van der Waals surface area contributed by atoms with E-state index in [1.807, 2.05) is 6.92 Å². The minimum Gasteiger partial charge on any atom is -0.466 e. The van der Waals surface area contributed by atoms with Gasteiger partial charge in [-0.05, 0) is 71.0 Å². The minimum absolute atomic E-state index is 0.115. The molecule has 0 amide bonds. The fraction of sp³-hybridized carbons (Fsp3) is 0.650. The third-order valence-corrected chi connectivity index (χ3v) is 5.78. The second-order valence-electron chi connectivity index (χ2n) is 8.23. The Balaban J connectivity index is 1.64. The summed E-state index contributed by atoms with van der Waals surface area (Å²) in [6, 6.07) is 6.68. The van der Waals surface area contributed by atoms with Gasteiger partial charge in [0.2, 0.25) is 0 Å². The summed E-state index contributed by atoms with van der Waals surface area (Å²) < 4.78 is 17.3. The van der Waals surface area contributed by atoms with Crippen LogP contribution in [-0.2, 0) is 25.3 Å². The van der Waals surface area contributed by atoms with Crippen LogP contribution in [0.3, 0.4) is 0 Å². The minimum atomic E-state index is -0.329. The summed E-state index contributed by atoms with van der Waals surface area (Å²) in [5.41, 5.74) is 2.83. The van der Waals surface area contributed by atoms with Crippen LogP contribution in [0, 0.1) is 0 Å². The Morgan fingerprint density at radius 1 is 1.27 bits per heavy atom. The van der Waals surface area contributed by atoms with Gasteiger partial charge in [0.25, 0.3) is 0 Å². The highest BCUT2D eigenvalue weighted by Crippen LogP contribution is 2.37. The summed E-state index contributed by atoms with van der Waals surface area (Å²) in [5.74, 6) is -0.115. The molecule has 1 unspecified atom stereocenters. The lowest BCUT2D eigenvalue weighted by atomic mass is 9.77. The zero-order valence-corrected chi connectivity index (χ0v) is 16.6. The van der Waals surface area contributed by atoms with Crippen molar-refractivity contribution in [1.82, 2.24) is 0 Å². The van der Waals surface area contributed by atoms with Crippen LogP contribution in [-0.4, -0.2) is 36.9 Å². The van der Waals surface area contributed by atoms with Crippen LogP contribution < -0.4 is 10.8 Å². The van der Waals surface area contributed by atoms with E-state index in [0.717, 1.165) is 30.4 Å². The van der Waals surface area contributed by atoms with E-state index >= 15 is 0 Å². The number of fused-ring (bicyclic) bond motifs is 1. The number of ether oxygens (including phenoxy) is 1. The van der Waals surface area contributed by atoms with Gasteiger partial charge in [-0.25, -0.2) is 0 Å². The van der Waals surface area contributed by atoms with Gasteiger partial charge in [-0.1, -0.05) is 12.1 Å². The number of rotatable bonds is 5. The summed E-state index contributed by atoms with van der Waals surface area (Å²) in [4.78, 5) is 11.6. The predicted molar refractivity (Wildman–Crippen MR) is 104 cm³/mol. The number of esters is 1. The van der Waals surface area contributed by atoms with Crippen LogP contribution in [0.1, 0.15) is 59.4 Å². The molecule has 1 atom stereocenters. The first kappa shape index (κ1) is 19.2. The quantitative estimate of drug-likeness (QED) is 0.647. The maximum atomic E-state index is 11.6. The average molecular weight is 359 g/mol.